The second kappa shape index (κ2) is 6.38. The SMILES string of the molecule is CN(C(=O)CN1CCCCC1C(=O)O)C1CC1.Cl. The van der Waals surface area contributed by atoms with E-state index >= 15 is 0 Å². The molecule has 0 radical (unpaired) electrons. The third-order valence-electron chi connectivity index (χ3n) is 3.73. The summed E-state index contributed by atoms with van der Waals surface area (Å²) in [5.74, 6) is -0.743. The minimum absolute atomic E-state index is 0. The van der Waals surface area contributed by atoms with Crippen molar-refractivity contribution in [2.45, 2.75) is 44.2 Å². The van der Waals surface area contributed by atoms with Crippen molar-refractivity contribution in [3.63, 3.8) is 0 Å². The van der Waals surface area contributed by atoms with Crippen LogP contribution in [0, 0.1) is 0 Å². The molecule has 2 aliphatic rings. The van der Waals surface area contributed by atoms with Gasteiger partial charge in [-0.15, -0.1) is 12.4 Å². The first-order chi connectivity index (χ1) is 8.09. The fourth-order valence-corrected chi connectivity index (χ4v) is 2.41. The smallest absolute Gasteiger partial charge is 0.320 e. The molecule has 1 atom stereocenters. The Labute approximate surface area is 114 Å². The van der Waals surface area contributed by atoms with E-state index in [-0.39, 0.29) is 24.9 Å². The third-order valence-corrected chi connectivity index (χ3v) is 3.73. The second-order valence-electron chi connectivity index (χ2n) is 5.06. The van der Waals surface area contributed by atoms with Crippen molar-refractivity contribution in [3.8, 4) is 0 Å². The van der Waals surface area contributed by atoms with Crippen molar-refractivity contribution >= 4 is 24.3 Å². The van der Waals surface area contributed by atoms with Crippen LogP contribution < -0.4 is 0 Å². The first-order valence-corrected chi connectivity index (χ1v) is 6.32. The van der Waals surface area contributed by atoms with Gasteiger partial charge in [0.05, 0.1) is 6.54 Å². The minimum atomic E-state index is -0.799. The Kier molecular flexibility index (Phi) is 5.41. The first-order valence-electron chi connectivity index (χ1n) is 6.32. The highest BCUT2D eigenvalue weighted by molar-refractivity contribution is 5.85. The van der Waals surface area contributed by atoms with Crippen LogP contribution in [0.15, 0.2) is 0 Å². The highest BCUT2D eigenvalue weighted by Gasteiger charge is 2.33. The number of carboxylic acids is 1. The number of rotatable bonds is 4. The number of piperidine rings is 1. The van der Waals surface area contributed by atoms with Gasteiger partial charge in [0.15, 0.2) is 0 Å². The Bertz CT molecular complexity index is 320. The van der Waals surface area contributed by atoms with Gasteiger partial charge < -0.3 is 10.0 Å². The lowest BCUT2D eigenvalue weighted by Crippen LogP contribution is -2.49. The quantitative estimate of drug-likeness (QED) is 0.831. The average molecular weight is 277 g/mol. The maximum atomic E-state index is 12.0. The summed E-state index contributed by atoms with van der Waals surface area (Å²) in [5, 5.41) is 9.12. The molecule has 0 spiro atoms. The number of likely N-dealkylation sites (tertiary alicyclic amines) is 1. The molecule has 18 heavy (non-hydrogen) atoms. The van der Waals surface area contributed by atoms with E-state index < -0.39 is 12.0 Å². The molecule has 1 N–H and O–H groups in total. The van der Waals surface area contributed by atoms with Crippen LogP contribution in [0.4, 0.5) is 0 Å². The second-order valence-corrected chi connectivity index (χ2v) is 5.06. The number of aliphatic carboxylic acids is 1. The monoisotopic (exact) mass is 276 g/mol. The molecule has 0 aromatic carbocycles. The fraction of sp³-hybridized carbons (Fsp3) is 0.833. The molecule has 0 bridgehead atoms. The van der Waals surface area contributed by atoms with Gasteiger partial charge in [-0.2, -0.15) is 0 Å². The van der Waals surface area contributed by atoms with Crippen LogP contribution in [0.1, 0.15) is 32.1 Å². The molecule has 1 aliphatic heterocycles. The van der Waals surface area contributed by atoms with Crippen LogP contribution in [-0.2, 0) is 9.59 Å². The Morgan fingerprint density at radius 1 is 1.28 bits per heavy atom. The lowest BCUT2D eigenvalue weighted by molar-refractivity contribution is -0.146. The van der Waals surface area contributed by atoms with Crippen LogP contribution in [0.25, 0.3) is 0 Å². The molecular weight excluding hydrogens is 256 g/mol. The Balaban J connectivity index is 0.00000162. The Hall–Kier alpha value is -0.810. The summed E-state index contributed by atoms with van der Waals surface area (Å²) in [6.07, 6.45) is 4.77. The normalized spacial score (nSPS) is 24.2. The van der Waals surface area contributed by atoms with E-state index in [0.717, 1.165) is 32.2 Å². The van der Waals surface area contributed by atoms with Crippen LogP contribution >= 0.6 is 12.4 Å². The van der Waals surface area contributed by atoms with Crippen LogP contribution in [-0.4, -0.2) is 59.0 Å². The molecule has 1 saturated heterocycles. The topological polar surface area (TPSA) is 60.9 Å². The predicted octanol–water partition coefficient (Wildman–Crippen LogP) is 0.968. The molecule has 1 amide bonds. The molecule has 0 aromatic rings. The molecule has 104 valence electrons. The highest BCUT2D eigenvalue weighted by Crippen LogP contribution is 2.26. The zero-order valence-corrected chi connectivity index (χ0v) is 11.5. The summed E-state index contributed by atoms with van der Waals surface area (Å²) < 4.78 is 0. The van der Waals surface area contributed by atoms with Gasteiger partial charge in [0, 0.05) is 13.1 Å². The van der Waals surface area contributed by atoms with E-state index in [9.17, 15) is 9.59 Å². The molecule has 1 unspecified atom stereocenters. The van der Waals surface area contributed by atoms with Crippen molar-refractivity contribution in [2.24, 2.45) is 0 Å². The van der Waals surface area contributed by atoms with Crippen molar-refractivity contribution in [2.75, 3.05) is 20.1 Å². The predicted molar refractivity (Wildman–Crippen MR) is 69.9 cm³/mol. The minimum Gasteiger partial charge on any atom is -0.480 e. The largest absolute Gasteiger partial charge is 0.480 e. The van der Waals surface area contributed by atoms with E-state index in [1.807, 2.05) is 11.9 Å². The van der Waals surface area contributed by atoms with Crippen LogP contribution in [0.5, 0.6) is 0 Å². The molecule has 2 fully saturated rings. The van der Waals surface area contributed by atoms with E-state index in [1.165, 1.54) is 0 Å². The number of amides is 1. The molecule has 1 saturated carbocycles. The molecule has 2 rings (SSSR count). The highest BCUT2D eigenvalue weighted by atomic mass is 35.5. The van der Waals surface area contributed by atoms with Crippen molar-refractivity contribution < 1.29 is 14.7 Å². The van der Waals surface area contributed by atoms with Gasteiger partial charge >= 0.3 is 5.97 Å². The number of halogens is 1. The summed E-state index contributed by atoms with van der Waals surface area (Å²) >= 11 is 0. The molecular formula is C12H21ClN2O3. The number of carboxylic acid groups (broad SMARTS) is 1. The van der Waals surface area contributed by atoms with Gasteiger partial charge in [-0.1, -0.05) is 6.42 Å². The summed E-state index contributed by atoms with van der Waals surface area (Å²) in [6, 6.07) is -0.0733. The lowest BCUT2D eigenvalue weighted by Gasteiger charge is -2.33. The van der Waals surface area contributed by atoms with E-state index in [2.05, 4.69) is 0 Å². The third kappa shape index (κ3) is 3.59. The maximum Gasteiger partial charge on any atom is 0.320 e. The first kappa shape index (κ1) is 15.2. The molecule has 6 heteroatoms. The number of hydrogen-bond donors (Lipinski definition) is 1. The molecule has 1 aliphatic carbocycles. The van der Waals surface area contributed by atoms with Crippen LogP contribution in [0.3, 0.4) is 0 Å². The summed E-state index contributed by atoms with van der Waals surface area (Å²) in [5.41, 5.74) is 0. The molecule has 1 heterocycles. The van der Waals surface area contributed by atoms with Gasteiger partial charge in [-0.25, -0.2) is 0 Å². The van der Waals surface area contributed by atoms with Crippen molar-refractivity contribution in [1.29, 1.82) is 0 Å². The number of likely N-dealkylation sites (N-methyl/N-ethyl adjacent to an activating group) is 1. The van der Waals surface area contributed by atoms with Crippen molar-refractivity contribution in [1.82, 2.24) is 9.80 Å². The summed E-state index contributed by atoms with van der Waals surface area (Å²) in [6.45, 7) is 0.977. The molecule has 0 aromatic heterocycles. The number of nitrogens with zero attached hydrogens (tertiary/aromatic N) is 2. The number of hydrogen-bond acceptors (Lipinski definition) is 3. The number of carbonyl (C=O) groups excluding carboxylic acids is 1. The summed E-state index contributed by atoms with van der Waals surface area (Å²) in [7, 11) is 1.82. The zero-order chi connectivity index (χ0) is 12.4. The van der Waals surface area contributed by atoms with E-state index in [1.54, 1.807) is 4.90 Å². The van der Waals surface area contributed by atoms with Gasteiger partial charge in [0.1, 0.15) is 6.04 Å². The summed E-state index contributed by atoms with van der Waals surface area (Å²) in [4.78, 5) is 26.6. The Morgan fingerprint density at radius 2 is 1.94 bits per heavy atom. The average Bonchev–Trinajstić information content (AvgIpc) is 3.12. The van der Waals surface area contributed by atoms with Gasteiger partial charge in [-0.3, -0.25) is 14.5 Å². The van der Waals surface area contributed by atoms with E-state index in [0.29, 0.717) is 12.5 Å². The van der Waals surface area contributed by atoms with E-state index in [4.69, 9.17) is 5.11 Å². The zero-order valence-electron chi connectivity index (χ0n) is 10.7. The standard InChI is InChI=1S/C12H20N2O3.ClH/c1-13(9-5-6-9)11(15)8-14-7-3-2-4-10(14)12(16)17;/h9-10H,2-8H2,1H3,(H,16,17);1H. The molecule has 5 nitrogen and oxygen atoms in total. The maximum absolute atomic E-state index is 12.0. The fourth-order valence-electron chi connectivity index (χ4n) is 2.41. The van der Waals surface area contributed by atoms with Gasteiger partial charge in [-0.05, 0) is 32.2 Å². The lowest BCUT2D eigenvalue weighted by atomic mass is 10.0. The Morgan fingerprint density at radius 3 is 2.50 bits per heavy atom. The van der Waals surface area contributed by atoms with Crippen molar-refractivity contribution in [3.05, 3.63) is 0 Å². The van der Waals surface area contributed by atoms with Gasteiger partial charge in [0.2, 0.25) is 5.91 Å². The number of carbonyl (C=O) groups is 2. The van der Waals surface area contributed by atoms with Gasteiger partial charge in [0.25, 0.3) is 0 Å². The van der Waals surface area contributed by atoms with Crippen LogP contribution in [0.2, 0.25) is 0 Å².